The maximum absolute atomic E-state index is 5.58. The van der Waals surface area contributed by atoms with Gasteiger partial charge in [0.05, 0.1) is 50.7 Å². The lowest BCUT2D eigenvalue weighted by Gasteiger charge is -2.19. The Bertz CT molecular complexity index is 8570. The third-order valence-electron chi connectivity index (χ3n) is 25.1. The van der Waals surface area contributed by atoms with Gasteiger partial charge in [0.15, 0.2) is 0 Å². The number of hydrogen-bond acceptors (Lipinski definition) is 9. The van der Waals surface area contributed by atoms with E-state index in [1.807, 2.05) is 97.6 Å². The Balaban J connectivity index is 0.000000113. The molecule has 0 aliphatic carbocycles. The second kappa shape index (κ2) is 35.3. The van der Waals surface area contributed by atoms with Crippen molar-refractivity contribution in [1.82, 2.24) is 49.4 Å². The summed E-state index contributed by atoms with van der Waals surface area (Å²) in [6.07, 6.45) is 14.6. The van der Waals surface area contributed by atoms with Gasteiger partial charge in [-0.1, -0.05) is 340 Å². The number of fused-ring (bicyclic) bond motifs is 9. The van der Waals surface area contributed by atoms with Crippen LogP contribution in [0.25, 0.3) is 238 Å². The Morgan fingerprint density at radius 3 is 1.06 bits per heavy atom. The molecule has 10 nitrogen and oxygen atoms in total. The topological polar surface area (TPSA) is 121 Å². The molecule has 0 aliphatic heterocycles. The Morgan fingerprint density at radius 1 is 0.173 bits per heavy atom. The van der Waals surface area contributed by atoms with Crippen LogP contribution in [0.2, 0.25) is 0 Å². The maximum Gasteiger partial charge on any atom is 0.145 e. The zero-order valence-electron chi connectivity index (χ0n) is 72.2. The Morgan fingerprint density at radius 2 is 0.556 bits per heavy atom. The van der Waals surface area contributed by atoms with E-state index >= 15 is 0 Å². The van der Waals surface area contributed by atoms with Gasteiger partial charge < -0.3 is 0 Å². The SMILES string of the molecule is c1ccc(-c2c3ccccc3c(-c3ccc(-c4c(-c5ccccc5)c5ncncc5c5ccccc45)cc3)c3ccccc23)cc1.c1ccc(-c2ccc(-c3cc(-c4cccnc4)cc(-c4ccc(-c5cccc(-c6ccccn6)n5)nc4)c3)cn2)nc1.c1ccc(-c2nc3c(-c4ccc5ccccc5c4)c4ccccc4c(-c4ccc5ccccc5c4)c3n2-c2ccccc2)cc1. The third-order valence-corrected chi connectivity index (χ3v) is 25.1. The molecule has 25 rings (SSSR count). The molecule has 0 unspecified atom stereocenters. The first kappa shape index (κ1) is 79.6. The minimum atomic E-state index is 0.800. The lowest BCUT2D eigenvalue weighted by molar-refractivity contribution is 1.10. The molecule has 0 fully saturated rings. The molecule has 0 radical (unpaired) electrons. The van der Waals surface area contributed by atoms with Gasteiger partial charge in [-0.3, -0.25) is 29.5 Å². The number of nitrogens with zero attached hydrogens (tertiary/aromatic N) is 10. The first-order valence-corrected chi connectivity index (χ1v) is 44.6. The molecule has 0 spiro atoms. The summed E-state index contributed by atoms with van der Waals surface area (Å²) in [4.78, 5) is 42.3. The van der Waals surface area contributed by atoms with Crippen molar-refractivity contribution in [3.8, 4) is 151 Å². The van der Waals surface area contributed by atoms with Gasteiger partial charge in [-0.05, 0) is 228 Å². The Labute approximate surface area is 768 Å². The highest BCUT2D eigenvalue weighted by molar-refractivity contribution is 6.24. The lowest BCUT2D eigenvalue weighted by Crippen LogP contribution is -1.99. The van der Waals surface area contributed by atoms with Crippen molar-refractivity contribution < 1.29 is 0 Å². The van der Waals surface area contributed by atoms with Crippen molar-refractivity contribution in [1.29, 1.82) is 0 Å². The van der Waals surface area contributed by atoms with Crippen LogP contribution < -0.4 is 0 Å². The summed E-state index contributed by atoms with van der Waals surface area (Å²) < 4.78 is 2.37. The number of para-hydroxylation sites is 1. The van der Waals surface area contributed by atoms with Crippen LogP contribution in [0.15, 0.2) is 486 Å². The number of benzene rings is 17. The molecule has 0 atom stereocenters. The van der Waals surface area contributed by atoms with Crippen LogP contribution in [0, 0.1) is 0 Å². The second-order valence-electron chi connectivity index (χ2n) is 33.1. The average Bonchev–Trinajstić information content (AvgIpc) is 1.66. The van der Waals surface area contributed by atoms with Crippen molar-refractivity contribution in [3.05, 3.63) is 486 Å². The van der Waals surface area contributed by atoms with Gasteiger partial charge in [0, 0.05) is 93.4 Å². The van der Waals surface area contributed by atoms with Gasteiger partial charge in [-0.15, -0.1) is 0 Å². The molecule has 0 bridgehead atoms. The molecule has 622 valence electrons. The molecule has 0 saturated carbocycles. The largest absolute Gasteiger partial charge is 0.292 e. The predicted octanol–water partition coefficient (Wildman–Crippen LogP) is 31.3. The van der Waals surface area contributed by atoms with Gasteiger partial charge in [0.1, 0.15) is 12.2 Å². The zero-order valence-corrected chi connectivity index (χ0v) is 72.2. The van der Waals surface area contributed by atoms with Gasteiger partial charge in [-0.25, -0.2) is 19.9 Å². The quantitative estimate of drug-likeness (QED) is 0.0774. The van der Waals surface area contributed by atoms with Crippen LogP contribution in [0.1, 0.15) is 0 Å². The van der Waals surface area contributed by atoms with Crippen LogP contribution in [0.5, 0.6) is 0 Å². The van der Waals surface area contributed by atoms with E-state index in [4.69, 9.17) is 24.9 Å². The summed E-state index contributed by atoms with van der Waals surface area (Å²) in [5.41, 5.74) is 30.7. The van der Waals surface area contributed by atoms with E-state index in [-0.39, 0.29) is 0 Å². The standard InChI is InChI=1S/C44H28N2.C43H28N2.C36H24N6/c1-3-13-29(14-4-1)40-35-19-9-11-21-37(35)41(38-22-12-10-20-36(38)40)31-23-25-32(26-24-31)42-34-18-8-7-17-33(34)39-27-45-28-46-44(39)43(42)30-15-5-2-6-16-30;1-3-15-31(16-4-1)43-44-41-39(34-25-23-29-13-7-9-17-32(29)27-34)37-21-11-12-22-38(37)40(42(41)45(43)36-19-5-2-6-20-36)35-26-24-30-14-8-10-18-33(30)28-35;1-3-17-38-31(8-1)33-14-12-26(23-40-33)29-19-28(25-7-6-16-37-22-25)20-30(21-29)27-13-15-34(41-24-27)36-11-5-10-35(42-36)32-9-2-4-18-39-32/h1-28H;1-28H;1-24H. The van der Waals surface area contributed by atoms with Crippen molar-refractivity contribution >= 4 is 86.6 Å². The van der Waals surface area contributed by atoms with E-state index < -0.39 is 0 Å². The summed E-state index contributed by atoms with van der Waals surface area (Å²) in [5.74, 6) is 0.927. The number of rotatable bonds is 14. The van der Waals surface area contributed by atoms with Crippen LogP contribution in [-0.4, -0.2) is 49.4 Å². The normalized spacial score (nSPS) is 11.3. The average molecular weight is 1700 g/mol. The number of aromatic nitrogens is 10. The van der Waals surface area contributed by atoms with Crippen LogP contribution in [0.3, 0.4) is 0 Å². The van der Waals surface area contributed by atoms with Gasteiger partial charge >= 0.3 is 0 Å². The first-order chi connectivity index (χ1) is 66.0. The van der Waals surface area contributed by atoms with E-state index in [9.17, 15) is 0 Å². The molecule has 0 aliphatic rings. The summed E-state index contributed by atoms with van der Waals surface area (Å²) in [5, 5.41) is 15.8. The highest BCUT2D eigenvalue weighted by atomic mass is 15.1. The predicted molar refractivity (Wildman–Crippen MR) is 550 cm³/mol. The monoisotopic (exact) mass is 1700 g/mol. The van der Waals surface area contributed by atoms with E-state index in [0.29, 0.717) is 0 Å². The molecule has 133 heavy (non-hydrogen) atoms. The number of hydrogen-bond donors (Lipinski definition) is 0. The van der Waals surface area contributed by atoms with E-state index in [1.165, 1.54) is 98.2 Å². The molecule has 25 aromatic rings. The van der Waals surface area contributed by atoms with Gasteiger partial charge in [0.25, 0.3) is 0 Å². The summed E-state index contributed by atoms with van der Waals surface area (Å²) in [6.45, 7) is 0. The molecular weight excluding hydrogens is 1620 g/mol. The van der Waals surface area contributed by atoms with Crippen LogP contribution in [-0.2, 0) is 0 Å². The third kappa shape index (κ3) is 15.4. The van der Waals surface area contributed by atoms with Crippen LogP contribution in [0.4, 0.5) is 0 Å². The fourth-order valence-electron chi connectivity index (χ4n) is 19.0. The van der Waals surface area contributed by atoms with Crippen LogP contribution >= 0.6 is 0 Å². The molecule has 0 saturated heterocycles. The molecule has 10 heteroatoms. The van der Waals surface area contributed by atoms with Crippen molar-refractivity contribution in [3.63, 3.8) is 0 Å². The van der Waals surface area contributed by atoms with Crippen molar-refractivity contribution in [2.24, 2.45) is 0 Å². The molecule has 8 aromatic heterocycles. The summed E-state index contributed by atoms with van der Waals surface area (Å²) in [7, 11) is 0. The van der Waals surface area contributed by atoms with Crippen molar-refractivity contribution in [2.45, 2.75) is 0 Å². The van der Waals surface area contributed by atoms with E-state index in [1.54, 1.807) is 24.9 Å². The number of imidazole rings is 1. The molecule has 17 aromatic carbocycles. The lowest BCUT2D eigenvalue weighted by atomic mass is 9.84. The second-order valence-corrected chi connectivity index (χ2v) is 33.1. The van der Waals surface area contributed by atoms with Gasteiger partial charge in [-0.2, -0.15) is 0 Å². The van der Waals surface area contributed by atoms with Crippen molar-refractivity contribution in [2.75, 3.05) is 0 Å². The fourth-order valence-corrected chi connectivity index (χ4v) is 19.0. The summed E-state index contributed by atoms with van der Waals surface area (Å²) >= 11 is 0. The molecule has 0 amide bonds. The van der Waals surface area contributed by atoms with E-state index in [0.717, 1.165) is 140 Å². The smallest absolute Gasteiger partial charge is 0.145 e. The Kier molecular flexibility index (Phi) is 21.2. The maximum atomic E-state index is 5.58. The first-order valence-electron chi connectivity index (χ1n) is 44.6. The molecular formula is C123H80N10. The Hall–Kier alpha value is -18.0. The minimum absolute atomic E-state index is 0.800. The minimum Gasteiger partial charge on any atom is -0.292 e. The highest BCUT2D eigenvalue weighted by Gasteiger charge is 2.27. The molecule has 0 N–H and O–H groups in total. The summed E-state index contributed by atoms with van der Waals surface area (Å²) in [6, 6.07) is 154. The molecule has 8 heterocycles. The van der Waals surface area contributed by atoms with Gasteiger partial charge in [0.2, 0.25) is 0 Å². The van der Waals surface area contributed by atoms with E-state index in [2.05, 4.69) is 388 Å². The highest BCUT2D eigenvalue weighted by Crippen LogP contribution is 2.50. The fraction of sp³-hybridized carbons (Fsp3) is 0. The zero-order chi connectivity index (χ0) is 88.3. The number of pyridine rings is 6.